The maximum Gasteiger partial charge on any atom is 0.0907 e. The molecule has 0 bridgehead atoms. The summed E-state index contributed by atoms with van der Waals surface area (Å²) in [5.74, 6) is 0. The number of hydrogen-bond donors (Lipinski definition) is 1. The molecule has 104 valence electrons. The van der Waals surface area contributed by atoms with Gasteiger partial charge in [0, 0.05) is 10.6 Å². The summed E-state index contributed by atoms with van der Waals surface area (Å²) in [6.45, 7) is 8.39. The summed E-state index contributed by atoms with van der Waals surface area (Å²) in [7, 11) is 0. The quantitative estimate of drug-likeness (QED) is 0.751. The van der Waals surface area contributed by atoms with E-state index in [0.29, 0.717) is 0 Å². The number of nitrogens with one attached hydrogen (secondary N) is 1. The minimum absolute atomic E-state index is 0.214. The molecule has 0 fully saturated rings. The maximum atomic E-state index is 4.62. The summed E-state index contributed by atoms with van der Waals surface area (Å²) in [6.07, 6.45) is 0. The molecule has 0 radical (unpaired) electrons. The zero-order chi connectivity index (χ0) is 14.3. The molecule has 0 amide bonds. The maximum absolute atomic E-state index is 4.62. The number of benzene rings is 1. The van der Waals surface area contributed by atoms with Crippen LogP contribution in [0.3, 0.4) is 0 Å². The predicted octanol–water partition coefficient (Wildman–Crippen LogP) is 4.85. The lowest BCUT2D eigenvalue weighted by Crippen LogP contribution is -2.08. The third-order valence-electron chi connectivity index (χ3n) is 3.23. The zero-order valence-electron chi connectivity index (χ0n) is 12.0. The fourth-order valence-electron chi connectivity index (χ4n) is 2.39. The predicted molar refractivity (Wildman–Crippen MR) is 88.0 cm³/mol. The molecule has 1 N–H and O–H groups in total. The molecule has 0 saturated carbocycles. The summed E-state index contributed by atoms with van der Waals surface area (Å²) in [5, 5.41) is 5.77. The third kappa shape index (κ3) is 2.55. The highest BCUT2D eigenvalue weighted by atomic mass is 32.1. The Hall–Kier alpha value is -1.46. The first kappa shape index (κ1) is 13.5. The Bertz CT molecular complexity index is 758. The van der Waals surface area contributed by atoms with Crippen molar-refractivity contribution in [1.82, 2.24) is 9.97 Å². The SMILES string of the molecule is Cc1nc(C(C)Nc2ccc3nc(C)sc3c2)c(C)s1. The van der Waals surface area contributed by atoms with Crippen LogP contribution in [0.1, 0.15) is 33.6 Å². The van der Waals surface area contributed by atoms with Crippen LogP contribution in [0.2, 0.25) is 0 Å². The summed E-state index contributed by atoms with van der Waals surface area (Å²) in [5.41, 5.74) is 3.35. The van der Waals surface area contributed by atoms with E-state index >= 15 is 0 Å². The smallest absolute Gasteiger partial charge is 0.0907 e. The molecule has 1 aromatic carbocycles. The number of fused-ring (bicyclic) bond motifs is 1. The van der Waals surface area contributed by atoms with Gasteiger partial charge < -0.3 is 5.32 Å². The molecule has 0 saturated heterocycles. The first-order chi connectivity index (χ1) is 9.52. The summed E-state index contributed by atoms with van der Waals surface area (Å²) >= 11 is 3.49. The van der Waals surface area contributed by atoms with Gasteiger partial charge in [-0.25, -0.2) is 9.97 Å². The van der Waals surface area contributed by atoms with Crippen molar-refractivity contribution in [3.8, 4) is 0 Å². The van der Waals surface area contributed by atoms with Crippen molar-refractivity contribution in [2.45, 2.75) is 33.7 Å². The van der Waals surface area contributed by atoms with Gasteiger partial charge in [-0.05, 0) is 45.9 Å². The van der Waals surface area contributed by atoms with Gasteiger partial charge in [0.15, 0.2) is 0 Å². The van der Waals surface area contributed by atoms with Crippen LogP contribution in [0.25, 0.3) is 10.2 Å². The Morgan fingerprint density at radius 1 is 1.05 bits per heavy atom. The Morgan fingerprint density at radius 3 is 2.50 bits per heavy atom. The van der Waals surface area contributed by atoms with E-state index in [1.807, 2.05) is 6.92 Å². The van der Waals surface area contributed by atoms with Crippen molar-refractivity contribution in [3.63, 3.8) is 0 Å². The second-order valence-electron chi connectivity index (χ2n) is 4.96. The van der Waals surface area contributed by atoms with Crippen molar-refractivity contribution >= 4 is 38.6 Å². The van der Waals surface area contributed by atoms with Gasteiger partial charge in [-0.15, -0.1) is 22.7 Å². The molecule has 0 aliphatic carbocycles. The second-order valence-corrected chi connectivity index (χ2v) is 7.60. The number of aryl methyl sites for hydroxylation is 3. The molecule has 0 aliphatic rings. The molecule has 3 aromatic rings. The topological polar surface area (TPSA) is 37.8 Å². The lowest BCUT2D eigenvalue weighted by atomic mass is 10.2. The molecule has 1 atom stereocenters. The van der Waals surface area contributed by atoms with Gasteiger partial charge in [0.05, 0.1) is 32.0 Å². The summed E-state index contributed by atoms with van der Waals surface area (Å²) < 4.78 is 1.23. The molecule has 5 heteroatoms. The van der Waals surface area contributed by atoms with E-state index in [2.05, 4.69) is 54.3 Å². The van der Waals surface area contributed by atoms with Crippen LogP contribution in [0.15, 0.2) is 18.2 Å². The first-order valence-electron chi connectivity index (χ1n) is 6.60. The number of thiazole rings is 2. The van der Waals surface area contributed by atoms with Gasteiger partial charge in [0.2, 0.25) is 0 Å². The monoisotopic (exact) mass is 303 g/mol. The van der Waals surface area contributed by atoms with E-state index in [4.69, 9.17) is 0 Å². The van der Waals surface area contributed by atoms with Crippen molar-refractivity contribution in [2.24, 2.45) is 0 Å². The van der Waals surface area contributed by atoms with E-state index < -0.39 is 0 Å². The molecule has 0 spiro atoms. The van der Waals surface area contributed by atoms with Crippen molar-refractivity contribution in [3.05, 3.63) is 38.8 Å². The molecule has 2 heterocycles. The third-order valence-corrected chi connectivity index (χ3v) is 5.06. The lowest BCUT2D eigenvalue weighted by Gasteiger charge is -2.14. The van der Waals surface area contributed by atoms with Gasteiger partial charge in [-0.1, -0.05) is 0 Å². The summed E-state index contributed by atoms with van der Waals surface area (Å²) in [6, 6.07) is 6.55. The molecule has 0 aliphatic heterocycles. The largest absolute Gasteiger partial charge is 0.377 e. The van der Waals surface area contributed by atoms with Crippen LogP contribution in [0.5, 0.6) is 0 Å². The Kier molecular flexibility index (Phi) is 3.48. The fourth-order valence-corrected chi connectivity index (χ4v) is 4.18. The zero-order valence-corrected chi connectivity index (χ0v) is 13.7. The molecule has 1 unspecified atom stereocenters. The van der Waals surface area contributed by atoms with E-state index in [-0.39, 0.29) is 6.04 Å². The highest BCUT2D eigenvalue weighted by Gasteiger charge is 2.13. The van der Waals surface area contributed by atoms with Gasteiger partial charge in [0.1, 0.15) is 0 Å². The van der Waals surface area contributed by atoms with Crippen LogP contribution in [0.4, 0.5) is 5.69 Å². The Balaban J connectivity index is 1.86. The fraction of sp³-hybridized carbons (Fsp3) is 0.333. The average Bonchev–Trinajstić information content (AvgIpc) is 2.90. The van der Waals surface area contributed by atoms with E-state index in [9.17, 15) is 0 Å². The molecule has 3 nitrogen and oxygen atoms in total. The number of anilines is 1. The van der Waals surface area contributed by atoms with Crippen LogP contribution >= 0.6 is 22.7 Å². The van der Waals surface area contributed by atoms with Crippen LogP contribution < -0.4 is 5.32 Å². The normalized spacial score (nSPS) is 12.8. The van der Waals surface area contributed by atoms with Crippen LogP contribution in [-0.2, 0) is 0 Å². The van der Waals surface area contributed by atoms with Crippen LogP contribution in [-0.4, -0.2) is 9.97 Å². The van der Waals surface area contributed by atoms with Gasteiger partial charge in [0.25, 0.3) is 0 Å². The summed E-state index contributed by atoms with van der Waals surface area (Å²) in [4.78, 5) is 10.4. The molecule has 2 aromatic heterocycles. The van der Waals surface area contributed by atoms with Gasteiger partial charge in [-0.2, -0.15) is 0 Å². The van der Waals surface area contributed by atoms with Crippen molar-refractivity contribution in [1.29, 1.82) is 0 Å². The Morgan fingerprint density at radius 2 is 1.80 bits per heavy atom. The number of aromatic nitrogens is 2. The highest BCUT2D eigenvalue weighted by molar-refractivity contribution is 7.18. The highest BCUT2D eigenvalue weighted by Crippen LogP contribution is 2.29. The average molecular weight is 303 g/mol. The minimum Gasteiger partial charge on any atom is -0.377 e. The molecular formula is C15H17N3S2. The molecule has 3 rings (SSSR count). The van der Waals surface area contributed by atoms with Crippen LogP contribution in [0, 0.1) is 20.8 Å². The second kappa shape index (κ2) is 5.14. The van der Waals surface area contributed by atoms with Gasteiger partial charge >= 0.3 is 0 Å². The van der Waals surface area contributed by atoms with E-state index in [1.54, 1.807) is 22.7 Å². The van der Waals surface area contributed by atoms with E-state index in [1.165, 1.54) is 9.58 Å². The van der Waals surface area contributed by atoms with E-state index in [0.717, 1.165) is 26.9 Å². The standard InChI is InChI=1S/C15H17N3S2/c1-8(15-9(2)19-11(4)18-15)16-12-5-6-13-14(7-12)20-10(3)17-13/h5-8,16H,1-4H3. The van der Waals surface area contributed by atoms with Gasteiger partial charge in [-0.3, -0.25) is 0 Å². The lowest BCUT2D eigenvalue weighted by molar-refractivity contribution is 0.837. The molecular weight excluding hydrogens is 286 g/mol. The Labute approximate surface area is 126 Å². The van der Waals surface area contributed by atoms with Crippen molar-refractivity contribution in [2.75, 3.05) is 5.32 Å². The minimum atomic E-state index is 0.214. The number of nitrogens with zero attached hydrogens (tertiary/aromatic N) is 2. The molecule has 20 heavy (non-hydrogen) atoms. The first-order valence-corrected chi connectivity index (χ1v) is 8.24. The van der Waals surface area contributed by atoms with Crippen molar-refractivity contribution < 1.29 is 0 Å². The number of rotatable bonds is 3. The number of hydrogen-bond acceptors (Lipinski definition) is 5.